The first-order valence-electron chi connectivity index (χ1n) is 5.54. The van der Waals surface area contributed by atoms with Gasteiger partial charge in [-0.05, 0) is 49.5 Å². The van der Waals surface area contributed by atoms with Crippen LogP contribution in [0.15, 0.2) is 33.6 Å². The smallest absolute Gasteiger partial charge is 0.323 e. The molecule has 7 heteroatoms. The minimum absolute atomic E-state index is 0.0619. The molecule has 0 aliphatic rings. The molecule has 5 nitrogen and oxygen atoms in total. The third-order valence-electron chi connectivity index (χ3n) is 2.09. The van der Waals surface area contributed by atoms with Crippen LogP contribution in [0.1, 0.15) is 27.7 Å². The normalized spacial score (nSPS) is 12.5. The average molecular weight is 350 g/mol. The fraction of sp³-hybridized carbons (Fsp3) is 0.417. The summed E-state index contributed by atoms with van der Waals surface area (Å²) in [6.07, 6.45) is 0. The summed E-state index contributed by atoms with van der Waals surface area (Å²) in [4.78, 5) is 16.0. The van der Waals surface area contributed by atoms with Gasteiger partial charge in [-0.2, -0.15) is 0 Å². The number of sulfonamides is 1. The maximum atomic E-state index is 12.5. The van der Waals surface area contributed by atoms with Gasteiger partial charge in [-0.15, -0.1) is 0 Å². The number of benzene rings is 1. The van der Waals surface area contributed by atoms with E-state index in [0.29, 0.717) is 0 Å². The van der Waals surface area contributed by atoms with Gasteiger partial charge >= 0.3 is 5.97 Å². The molecule has 0 fully saturated rings. The zero-order valence-corrected chi connectivity index (χ0v) is 13.6. The van der Waals surface area contributed by atoms with Crippen molar-refractivity contribution in [3.05, 3.63) is 28.7 Å². The molecule has 0 radical (unpaired) electrons. The monoisotopic (exact) mass is 349 g/mol. The van der Waals surface area contributed by atoms with Crippen LogP contribution < -0.4 is 0 Å². The molecule has 0 aromatic heterocycles. The zero-order chi connectivity index (χ0) is 14.8. The van der Waals surface area contributed by atoms with Crippen molar-refractivity contribution < 1.29 is 18.0 Å². The number of nitrogens with zero attached hydrogens (tertiary/aromatic N) is 1. The van der Waals surface area contributed by atoms with Crippen LogP contribution >= 0.6 is 15.9 Å². The standard InChI is InChI=1S/C12H16BrNO4S/c1-9(15)18-14(12(2,3)4)19(16,17)11-7-5-10(13)6-8-11/h5-8H,1-4H3. The average Bonchev–Trinajstić information content (AvgIpc) is 2.24. The Labute approximate surface area is 121 Å². The molecule has 1 aromatic carbocycles. The number of rotatable bonds is 3. The van der Waals surface area contributed by atoms with E-state index >= 15 is 0 Å². The second kappa shape index (κ2) is 5.60. The largest absolute Gasteiger partial charge is 0.353 e. The fourth-order valence-electron chi connectivity index (χ4n) is 1.37. The van der Waals surface area contributed by atoms with Crippen LogP contribution in [0.25, 0.3) is 0 Å². The Morgan fingerprint density at radius 3 is 2.05 bits per heavy atom. The molecule has 0 saturated carbocycles. The number of carbonyl (C=O) groups is 1. The zero-order valence-electron chi connectivity index (χ0n) is 11.2. The molecule has 0 heterocycles. The fourth-order valence-corrected chi connectivity index (χ4v) is 3.23. The van der Waals surface area contributed by atoms with E-state index in [9.17, 15) is 13.2 Å². The molecule has 0 saturated heterocycles. The number of carbonyl (C=O) groups excluding carboxylic acids is 1. The minimum Gasteiger partial charge on any atom is -0.353 e. The van der Waals surface area contributed by atoms with Gasteiger partial charge in [-0.3, -0.25) is 4.79 Å². The molecule has 1 aromatic rings. The Morgan fingerprint density at radius 1 is 1.21 bits per heavy atom. The SMILES string of the molecule is CC(=O)ON(C(C)(C)C)S(=O)(=O)c1ccc(Br)cc1. The minimum atomic E-state index is -3.90. The molecule has 0 atom stereocenters. The predicted octanol–water partition coefficient (Wildman–Crippen LogP) is 2.72. The molecule has 0 unspecified atom stereocenters. The second-order valence-corrected chi connectivity index (χ2v) is 7.61. The molecule has 0 aliphatic heterocycles. The van der Waals surface area contributed by atoms with Gasteiger partial charge in [0.05, 0.1) is 10.4 Å². The lowest BCUT2D eigenvalue weighted by Gasteiger charge is -2.31. The maximum absolute atomic E-state index is 12.5. The molecular weight excluding hydrogens is 334 g/mol. The summed E-state index contributed by atoms with van der Waals surface area (Å²) >= 11 is 3.24. The first-order valence-corrected chi connectivity index (χ1v) is 7.78. The van der Waals surface area contributed by atoms with E-state index in [0.717, 1.165) is 15.9 Å². The van der Waals surface area contributed by atoms with Crippen molar-refractivity contribution in [3.63, 3.8) is 0 Å². The third-order valence-corrected chi connectivity index (χ3v) is 4.54. The Bertz CT molecular complexity index is 560. The van der Waals surface area contributed by atoms with Crippen molar-refractivity contribution in [2.24, 2.45) is 0 Å². The summed E-state index contributed by atoms with van der Waals surface area (Å²) in [7, 11) is -3.90. The quantitative estimate of drug-likeness (QED) is 0.787. The molecule has 0 bridgehead atoms. The Balaban J connectivity index is 3.27. The molecule has 0 N–H and O–H groups in total. The molecule has 0 aliphatic carbocycles. The summed E-state index contributed by atoms with van der Waals surface area (Å²) < 4.78 is 26.4. The van der Waals surface area contributed by atoms with Crippen LogP contribution in [0.5, 0.6) is 0 Å². The predicted molar refractivity (Wildman–Crippen MR) is 74.7 cm³/mol. The molecule has 1 rings (SSSR count). The first-order chi connectivity index (χ1) is 8.55. The highest BCUT2D eigenvalue weighted by atomic mass is 79.9. The van der Waals surface area contributed by atoms with Crippen molar-refractivity contribution in [1.29, 1.82) is 0 Å². The van der Waals surface area contributed by atoms with E-state index in [1.807, 2.05) is 0 Å². The lowest BCUT2D eigenvalue weighted by molar-refractivity contribution is -0.179. The Morgan fingerprint density at radius 2 is 1.68 bits per heavy atom. The Kier molecular flexibility index (Phi) is 4.76. The molecular formula is C12H16BrNO4S. The van der Waals surface area contributed by atoms with Crippen LogP contribution in [0.4, 0.5) is 0 Å². The van der Waals surface area contributed by atoms with Crippen LogP contribution in [-0.2, 0) is 19.7 Å². The summed E-state index contributed by atoms with van der Waals surface area (Å²) in [5.41, 5.74) is -0.877. The van der Waals surface area contributed by atoms with Gasteiger partial charge in [0.25, 0.3) is 10.0 Å². The van der Waals surface area contributed by atoms with E-state index in [4.69, 9.17) is 4.84 Å². The number of hydroxylamine groups is 1. The van der Waals surface area contributed by atoms with Crippen LogP contribution in [0.2, 0.25) is 0 Å². The van der Waals surface area contributed by atoms with Crippen molar-refractivity contribution in [1.82, 2.24) is 4.47 Å². The number of hydrogen-bond donors (Lipinski definition) is 0. The summed E-state index contributed by atoms with van der Waals surface area (Å²) in [5, 5.41) is 0. The van der Waals surface area contributed by atoms with Gasteiger partial charge in [0.2, 0.25) is 0 Å². The third kappa shape index (κ3) is 4.02. The maximum Gasteiger partial charge on any atom is 0.323 e. The van der Waals surface area contributed by atoms with E-state index in [1.165, 1.54) is 12.1 Å². The van der Waals surface area contributed by atoms with Crippen LogP contribution in [-0.4, -0.2) is 24.4 Å². The van der Waals surface area contributed by atoms with Gasteiger partial charge < -0.3 is 4.84 Å². The van der Waals surface area contributed by atoms with Gasteiger partial charge in [0.15, 0.2) is 0 Å². The van der Waals surface area contributed by atoms with E-state index in [1.54, 1.807) is 32.9 Å². The molecule has 0 amide bonds. The molecule has 106 valence electrons. The summed E-state index contributed by atoms with van der Waals surface area (Å²) in [6.45, 7) is 6.10. The van der Waals surface area contributed by atoms with E-state index in [-0.39, 0.29) is 4.90 Å². The van der Waals surface area contributed by atoms with Crippen LogP contribution in [0, 0.1) is 0 Å². The molecule has 19 heavy (non-hydrogen) atoms. The second-order valence-electron chi connectivity index (χ2n) is 4.94. The highest BCUT2D eigenvalue weighted by molar-refractivity contribution is 9.10. The highest BCUT2D eigenvalue weighted by Crippen LogP contribution is 2.25. The lowest BCUT2D eigenvalue weighted by Crippen LogP contribution is -2.46. The van der Waals surface area contributed by atoms with Crippen molar-refractivity contribution in [2.75, 3.05) is 0 Å². The first kappa shape index (κ1) is 16.1. The Hall–Kier alpha value is -0.920. The van der Waals surface area contributed by atoms with E-state index in [2.05, 4.69) is 15.9 Å². The molecule has 0 spiro atoms. The summed E-state index contributed by atoms with van der Waals surface area (Å²) in [5.74, 6) is -0.685. The summed E-state index contributed by atoms with van der Waals surface area (Å²) in [6, 6.07) is 6.12. The topological polar surface area (TPSA) is 63.7 Å². The number of hydrogen-bond acceptors (Lipinski definition) is 4. The lowest BCUT2D eigenvalue weighted by atomic mass is 10.1. The van der Waals surface area contributed by atoms with Gasteiger partial charge in [0, 0.05) is 11.4 Å². The van der Waals surface area contributed by atoms with E-state index < -0.39 is 21.5 Å². The highest BCUT2D eigenvalue weighted by Gasteiger charge is 2.37. The van der Waals surface area contributed by atoms with Gasteiger partial charge in [-0.25, -0.2) is 8.42 Å². The van der Waals surface area contributed by atoms with Crippen molar-refractivity contribution in [3.8, 4) is 0 Å². The van der Waals surface area contributed by atoms with Crippen molar-refractivity contribution in [2.45, 2.75) is 38.1 Å². The van der Waals surface area contributed by atoms with Gasteiger partial charge in [0.1, 0.15) is 0 Å². The van der Waals surface area contributed by atoms with Crippen molar-refractivity contribution >= 4 is 31.9 Å². The number of halogens is 1. The van der Waals surface area contributed by atoms with Gasteiger partial charge in [-0.1, -0.05) is 15.9 Å². The van der Waals surface area contributed by atoms with Crippen LogP contribution in [0.3, 0.4) is 0 Å².